The molecule has 1 aromatic carbocycles. The Kier molecular flexibility index (Phi) is 3.49. The third-order valence-corrected chi connectivity index (χ3v) is 2.42. The average Bonchev–Trinajstić information content (AvgIpc) is 2.79. The molecule has 0 fully saturated rings. The van der Waals surface area contributed by atoms with Crippen LogP contribution in [0.5, 0.6) is 0 Å². The van der Waals surface area contributed by atoms with Crippen molar-refractivity contribution in [2.45, 2.75) is 20.4 Å². The van der Waals surface area contributed by atoms with Crippen molar-refractivity contribution >= 4 is 0 Å². The Labute approximate surface area is 98.8 Å². The van der Waals surface area contributed by atoms with Crippen LogP contribution in [-0.2, 0) is 6.54 Å². The molecule has 0 amide bonds. The van der Waals surface area contributed by atoms with Gasteiger partial charge in [0.25, 0.3) is 0 Å². The Hall–Kier alpha value is -1.75. The highest BCUT2D eigenvalue weighted by Crippen LogP contribution is 2.18. The number of nitrogens with one attached hydrogen (secondary N) is 1. The molecule has 0 saturated heterocycles. The first kappa shape index (κ1) is 11.7. The van der Waals surface area contributed by atoms with Crippen molar-refractivity contribution in [3.8, 4) is 11.4 Å². The van der Waals surface area contributed by atoms with Crippen LogP contribution in [0.3, 0.4) is 0 Å². The zero-order valence-electron chi connectivity index (χ0n) is 9.83. The minimum Gasteiger partial charge on any atom is -0.338 e. The van der Waals surface area contributed by atoms with Crippen molar-refractivity contribution in [3.05, 3.63) is 35.5 Å². The van der Waals surface area contributed by atoms with Crippen molar-refractivity contribution < 1.29 is 8.91 Å². The summed E-state index contributed by atoms with van der Waals surface area (Å²) in [6.45, 7) is 5.06. The van der Waals surface area contributed by atoms with E-state index in [-0.39, 0.29) is 5.82 Å². The number of rotatable bonds is 4. The van der Waals surface area contributed by atoms with Crippen LogP contribution in [-0.4, -0.2) is 16.7 Å². The summed E-state index contributed by atoms with van der Waals surface area (Å²) in [6.07, 6.45) is 0. The molecule has 1 aromatic heterocycles. The van der Waals surface area contributed by atoms with Gasteiger partial charge in [0.2, 0.25) is 11.7 Å². The lowest BCUT2D eigenvalue weighted by Crippen LogP contribution is -2.11. The van der Waals surface area contributed by atoms with Crippen molar-refractivity contribution in [1.29, 1.82) is 0 Å². The first-order valence-electron chi connectivity index (χ1n) is 5.50. The van der Waals surface area contributed by atoms with Gasteiger partial charge in [0, 0.05) is 5.56 Å². The minimum absolute atomic E-state index is 0.263. The Morgan fingerprint density at radius 1 is 1.41 bits per heavy atom. The van der Waals surface area contributed by atoms with Crippen molar-refractivity contribution in [2.75, 3.05) is 6.54 Å². The number of hydrogen-bond acceptors (Lipinski definition) is 4. The quantitative estimate of drug-likeness (QED) is 0.883. The molecule has 0 spiro atoms. The molecule has 2 rings (SSSR count). The summed E-state index contributed by atoms with van der Waals surface area (Å²) < 4.78 is 18.4. The Morgan fingerprint density at radius 2 is 2.24 bits per heavy atom. The van der Waals surface area contributed by atoms with Gasteiger partial charge in [0.05, 0.1) is 6.54 Å². The minimum atomic E-state index is -0.263. The number of benzene rings is 1. The molecular weight excluding hydrogens is 221 g/mol. The SMILES string of the molecule is CCNCc1nc(-c2ccc(C)c(F)c2)no1. The van der Waals surface area contributed by atoms with Gasteiger partial charge >= 0.3 is 0 Å². The van der Waals surface area contributed by atoms with E-state index in [1.165, 1.54) is 6.07 Å². The Bertz CT molecular complexity index is 510. The number of aromatic nitrogens is 2. The molecule has 0 unspecified atom stereocenters. The Morgan fingerprint density at radius 3 is 2.94 bits per heavy atom. The standard InChI is InChI=1S/C12H14FN3O/c1-3-14-7-11-15-12(16-17-11)9-5-4-8(2)10(13)6-9/h4-6,14H,3,7H2,1-2H3. The second kappa shape index (κ2) is 5.05. The molecule has 0 bridgehead atoms. The van der Waals surface area contributed by atoms with E-state index in [0.29, 0.717) is 29.4 Å². The molecule has 0 aliphatic heterocycles. The monoisotopic (exact) mass is 235 g/mol. The molecule has 17 heavy (non-hydrogen) atoms. The summed E-state index contributed by atoms with van der Waals surface area (Å²) in [5.41, 5.74) is 1.23. The van der Waals surface area contributed by atoms with Gasteiger partial charge in [0.1, 0.15) is 5.82 Å². The number of hydrogen-bond donors (Lipinski definition) is 1. The normalized spacial score (nSPS) is 10.8. The van der Waals surface area contributed by atoms with Gasteiger partial charge in [-0.05, 0) is 25.1 Å². The van der Waals surface area contributed by atoms with Gasteiger partial charge < -0.3 is 9.84 Å². The maximum absolute atomic E-state index is 13.4. The van der Waals surface area contributed by atoms with Gasteiger partial charge in [-0.25, -0.2) is 4.39 Å². The molecule has 1 heterocycles. The molecular formula is C12H14FN3O. The van der Waals surface area contributed by atoms with Gasteiger partial charge in [-0.1, -0.05) is 24.2 Å². The van der Waals surface area contributed by atoms with E-state index in [4.69, 9.17) is 4.52 Å². The largest absolute Gasteiger partial charge is 0.338 e. The van der Waals surface area contributed by atoms with E-state index < -0.39 is 0 Å². The lowest BCUT2D eigenvalue weighted by molar-refractivity contribution is 0.369. The molecule has 0 aliphatic rings. The summed E-state index contributed by atoms with van der Waals surface area (Å²) in [5, 5.41) is 6.90. The highest BCUT2D eigenvalue weighted by atomic mass is 19.1. The van der Waals surface area contributed by atoms with E-state index in [9.17, 15) is 4.39 Å². The van der Waals surface area contributed by atoms with Crippen LogP contribution >= 0.6 is 0 Å². The summed E-state index contributed by atoms with van der Waals surface area (Å²) >= 11 is 0. The van der Waals surface area contributed by atoms with Crippen LogP contribution in [0.4, 0.5) is 4.39 Å². The van der Waals surface area contributed by atoms with Crippen molar-refractivity contribution in [1.82, 2.24) is 15.5 Å². The second-order valence-corrected chi connectivity index (χ2v) is 3.76. The lowest BCUT2D eigenvalue weighted by atomic mass is 10.1. The third-order valence-electron chi connectivity index (χ3n) is 2.42. The predicted molar refractivity (Wildman–Crippen MR) is 61.8 cm³/mol. The molecule has 4 nitrogen and oxygen atoms in total. The van der Waals surface area contributed by atoms with E-state index in [0.717, 1.165) is 6.54 Å². The van der Waals surface area contributed by atoms with Gasteiger partial charge in [-0.3, -0.25) is 0 Å². The van der Waals surface area contributed by atoms with E-state index >= 15 is 0 Å². The first-order chi connectivity index (χ1) is 8.20. The zero-order valence-corrected chi connectivity index (χ0v) is 9.83. The van der Waals surface area contributed by atoms with E-state index in [2.05, 4.69) is 15.5 Å². The molecule has 0 atom stereocenters. The van der Waals surface area contributed by atoms with Crippen LogP contribution in [0.15, 0.2) is 22.7 Å². The number of halogens is 1. The molecule has 2 aromatic rings. The molecule has 0 saturated carbocycles. The van der Waals surface area contributed by atoms with Crippen LogP contribution in [0.25, 0.3) is 11.4 Å². The van der Waals surface area contributed by atoms with Crippen LogP contribution < -0.4 is 5.32 Å². The fourth-order valence-electron chi connectivity index (χ4n) is 1.41. The Balaban J connectivity index is 2.21. The first-order valence-corrected chi connectivity index (χ1v) is 5.50. The molecule has 90 valence electrons. The maximum Gasteiger partial charge on any atom is 0.240 e. The van der Waals surface area contributed by atoms with E-state index in [1.807, 2.05) is 6.92 Å². The molecule has 5 heteroatoms. The average molecular weight is 235 g/mol. The smallest absolute Gasteiger partial charge is 0.240 e. The van der Waals surface area contributed by atoms with Gasteiger partial charge in [-0.2, -0.15) is 4.98 Å². The van der Waals surface area contributed by atoms with E-state index in [1.54, 1.807) is 19.1 Å². The maximum atomic E-state index is 13.4. The molecule has 0 radical (unpaired) electrons. The van der Waals surface area contributed by atoms with Crippen LogP contribution in [0.2, 0.25) is 0 Å². The predicted octanol–water partition coefficient (Wildman–Crippen LogP) is 2.29. The lowest BCUT2D eigenvalue weighted by Gasteiger charge is -1.97. The zero-order chi connectivity index (χ0) is 12.3. The van der Waals surface area contributed by atoms with Gasteiger partial charge in [0.15, 0.2) is 0 Å². The highest BCUT2D eigenvalue weighted by Gasteiger charge is 2.09. The number of aryl methyl sites for hydroxylation is 1. The highest BCUT2D eigenvalue weighted by molar-refractivity contribution is 5.54. The number of nitrogens with zero attached hydrogens (tertiary/aromatic N) is 2. The summed E-state index contributed by atoms with van der Waals surface area (Å²) in [6, 6.07) is 4.89. The summed E-state index contributed by atoms with van der Waals surface area (Å²) in [5.74, 6) is 0.653. The molecule has 0 aliphatic carbocycles. The summed E-state index contributed by atoms with van der Waals surface area (Å²) in [4.78, 5) is 4.18. The topological polar surface area (TPSA) is 51.0 Å². The van der Waals surface area contributed by atoms with Crippen LogP contribution in [0, 0.1) is 12.7 Å². The van der Waals surface area contributed by atoms with Gasteiger partial charge in [-0.15, -0.1) is 0 Å². The fraction of sp³-hybridized carbons (Fsp3) is 0.333. The van der Waals surface area contributed by atoms with Crippen molar-refractivity contribution in [3.63, 3.8) is 0 Å². The third kappa shape index (κ3) is 2.68. The fourth-order valence-corrected chi connectivity index (χ4v) is 1.41. The molecule has 1 N–H and O–H groups in total. The van der Waals surface area contributed by atoms with Crippen molar-refractivity contribution in [2.24, 2.45) is 0 Å². The van der Waals surface area contributed by atoms with Crippen LogP contribution in [0.1, 0.15) is 18.4 Å². The second-order valence-electron chi connectivity index (χ2n) is 3.76. The summed E-state index contributed by atoms with van der Waals surface area (Å²) in [7, 11) is 0.